The first kappa shape index (κ1) is 13.5. The van der Waals surface area contributed by atoms with Crippen LogP contribution >= 0.6 is 0 Å². The van der Waals surface area contributed by atoms with Gasteiger partial charge in [0.25, 0.3) is 0 Å². The summed E-state index contributed by atoms with van der Waals surface area (Å²) >= 11 is 0. The first-order chi connectivity index (χ1) is 7.56. The van der Waals surface area contributed by atoms with Crippen LogP contribution < -0.4 is 5.73 Å². The summed E-state index contributed by atoms with van der Waals surface area (Å²) in [5.41, 5.74) is 5.06. The van der Waals surface area contributed by atoms with Crippen LogP contribution in [0.4, 0.5) is 0 Å². The van der Waals surface area contributed by atoms with Gasteiger partial charge < -0.3 is 15.4 Å². The molecule has 1 fully saturated rings. The van der Waals surface area contributed by atoms with Crippen molar-refractivity contribution in [2.24, 2.45) is 5.73 Å². The molecule has 0 aliphatic carbocycles. The van der Waals surface area contributed by atoms with Crippen molar-refractivity contribution in [1.82, 2.24) is 4.90 Å². The van der Waals surface area contributed by atoms with Crippen LogP contribution in [0.2, 0.25) is 0 Å². The summed E-state index contributed by atoms with van der Waals surface area (Å²) in [4.78, 5) is 13.8. The third-order valence-corrected chi connectivity index (χ3v) is 3.27. The molecule has 1 heterocycles. The van der Waals surface area contributed by atoms with Crippen LogP contribution in [-0.2, 0) is 9.53 Å². The zero-order valence-corrected chi connectivity index (χ0v) is 10.5. The van der Waals surface area contributed by atoms with Crippen LogP contribution in [0.5, 0.6) is 0 Å². The lowest BCUT2D eigenvalue weighted by molar-refractivity contribution is -0.146. The third-order valence-electron chi connectivity index (χ3n) is 3.27. The van der Waals surface area contributed by atoms with Gasteiger partial charge in [-0.1, -0.05) is 0 Å². The number of esters is 1. The van der Waals surface area contributed by atoms with E-state index in [0.29, 0.717) is 6.42 Å². The second-order valence-electron chi connectivity index (χ2n) is 4.91. The first-order valence-electron chi connectivity index (χ1n) is 6.16. The van der Waals surface area contributed by atoms with Crippen molar-refractivity contribution in [2.45, 2.75) is 44.6 Å². The van der Waals surface area contributed by atoms with Gasteiger partial charge in [0.15, 0.2) is 0 Å². The van der Waals surface area contributed by atoms with Gasteiger partial charge in [0.2, 0.25) is 0 Å². The number of ether oxygens (including phenoxy) is 1. The Hall–Kier alpha value is -0.610. The number of carbonyl (C=O) groups is 1. The Morgan fingerprint density at radius 3 is 2.56 bits per heavy atom. The smallest absolute Gasteiger partial charge is 0.325 e. The number of hydrogen-bond donors (Lipinski definition) is 1. The summed E-state index contributed by atoms with van der Waals surface area (Å²) in [7, 11) is 1.39. The van der Waals surface area contributed by atoms with Crippen molar-refractivity contribution < 1.29 is 9.53 Å². The summed E-state index contributed by atoms with van der Waals surface area (Å²) in [5, 5.41) is 0. The number of hydrogen-bond acceptors (Lipinski definition) is 4. The molecule has 0 amide bonds. The Bertz CT molecular complexity index is 223. The minimum Gasteiger partial charge on any atom is -0.468 e. The van der Waals surface area contributed by atoms with E-state index >= 15 is 0 Å². The quantitative estimate of drug-likeness (QED) is 0.547. The number of methoxy groups -OCH3 is 1. The van der Waals surface area contributed by atoms with Gasteiger partial charge in [-0.3, -0.25) is 4.79 Å². The minimum absolute atomic E-state index is 0.311. The van der Waals surface area contributed by atoms with Gasteiger partial charge in [-0.2, -0.15) is 0 Å². The summed E-state index contributed by atoms with van der Waals surface area (Å²) in [6.07, 6.45) is 5.46. The van der Waals surface area contributed by atoms with Gasteiger partial charge in [-0.05, 0) is 58.7 Å². The average Bonchev–Trinajstić information content (AvgIpc) is 2.76. The Morgan fingerprint density at radius 2 is 2.00 bits per heavy atom. The molecular weight excluding hydrogens is 204 g/mol. The highest BCUT2D eigenvalue weighted by Crippen LogP contribution is 2.14. The predicted octanol–water partition coefficient (Wildman–Crippen LogP) is 1.14. The normalized spacial score (nSPS) is 20.7. The molecule has 1 aliphatic heterocycles. The van der Waals surface area contributed by atoms with Gasteiger partial charge >= 0.3 is 5.97 Å². The zero-order valence-electron chi connectivity index (χ0n) is 10.5. The van der Waals surface area contributed by atoms with Crippen LogP contribution in [-0.4, -0.2) is 43.2 Å². The Kier molecular flexibility index (Phi) is 5.22. The maximum Gasteiger partial charge on any atom is 0.325 e. The van der Waals surface area contributed by atoms with Crippen LogP contribution in [0.1, 0.15) is 39.0 Å². The zero-order chi connectivity index (χ0) is 12.0. The van der Waals surface area contributed by atoms with E-state index in [1.165, 1.54) is 33.0 Å². The number of rotatable bonds is 6. The molecule has 1 aliphatic rings. The van der Waals surface area contributed by atoms with E-state index in [1.807, 2.05) is 0 Å². The molecule has 0 saturated carbocycles. The lowest BCUT2D eigenvalue weighted by Gasteiger charge is -2.22. The molecule has 0 spiro atoms. The molecule has 2 N–H and O–H groups in total. The molecule has 94 valence electrons. The minimum atomic E-state index is -0.820. The van der Waals surface area contributed by atoms with Crippen LogP contribution in [0.3, 0.4) is 0 Å². The van der Waals surface area contributed by atoms with Crippen LogP contribution in [0, 0.1) is 0 Å². The van der Waals surface area contributed by atoms with Crippen LogP contribution in [0.15, 0.2) is 0 Å². The van der Waals surface area contributed by atoms with Crippen molar-refractivity contribution in [3.63, 3.8) is 0 Å². The molecule has 1 unspecified atom stereocenters. The van der Waals surface area contributed by atoms with E-state index in [-0.39, 0.29) is 5.97 Å². The molecule has 0 aromatic carbocycles. The topological polar surface area (TPSA) is 55.6 Å². The Morgan fingerprint density at radius 1 is 1.38 bits per heavy atom. The maximum atomic E-state index is 11.3. The van der Waals surface area contributed by atoms with Gasteiger partial charge in [-0.25, -0.2) is 0 Å². The maximum absolute atomic E-state index is 11.3. The van der Waals surface area contributed by atoms with Crippen molar-refractivity contribution in [3.05, 3.63) is 0 Å². The highest BCUT2D eigenvalue weighted by atomic mass is 16.5. The number of likely N-dealkylation sites (tertiary alicyclic amines) is 1. The molecule has 0 radical (unpaired) electrons. The first-order valence-corrected chi connectivity index (χ1v) is 6.16. The molecule has 0 aromatic heterocycles. The van der Waals surface area contributed by atoms with E-state index < -0.39 is 5.54 Å². The molecule has 1 atom stereocenters. The average molecular weight is 228 g/mol. The number of nitrogens with zero attached hydrogens (tertiary/aromatic N) is 1. The fraction of sp³-hybridized carbons (Fsp3) is 0.917. The van der Waals surface area contributed by atoms with Gasteiger partial charge in [0.05, 0.1) is 7.11 Å². The van der Waals surface area contributed by atoms with Gasteiger partial charge in [0.1, 0.15) is 5.54 Å². The summed E-state index contributed by atoms with van der Waals surface area (Å²) in [5.74, 6) is -0.311. The highest BCUT2D eigenvalue weighted by molar-refractivity contribution is 5.79. The Labute approximate surface area is 98.1 Å². The number of unbranched alkanes of at least 4 members (excludes halogenated alkanes) is 1. The van der Waals surface area contributed by atoms with E-state index in [1.54, 1.807) is 6.92 Å². The van der Waals surface area contributed by atoms with E-state index in [2.05, 4.69) is 9.64 Å². The molecule has 1 saturated heterocycles. The van der Waals surface area contributed by atoms with Gasteiger partial charge in [0, 0.05) is 0 Å². The summed E-state index contributed by atoms with van der Waals surface area (Å²) in [6.45, 7) is 5.35. The van der Waals surface area contributed by atoms with Crippen molar-refractivity contribution in [3.8, 4) is 0 Å². The molecule has 16 heavy (non-hydrogen) atoms. The van der Waals surface area contributed by atoms with Gasteiger partial charge in [-0.15, -0.1) is 0 Å². The molecule has 0 bridgehead atoms. The second-order valence-corrected chi connectivity index (χ2v) is 4.91. The van der Waals surface area contributed by atoms with Crippen LogP contribution in [0.25, 0.3) is 0 Å². The standard InChI is InChI=1S/C12H24N2O2/c1-12(13,11(15)16-2)7-3-4-8-14-9-5-6-10-14/h3-10,13H2,1-2H3. The highest BCUT2D eigenvalue weighted by Gasteiger charge is 2.28. The van der Waals surface area contributed by atoms with Crippen molar-refractivity contribution >= 4 is 5.97 Å². The van der Waals surface area contributed by atoms with E-state index in [0.717, 1.165) is 19.4 Å². The molecule has 0 aromatic rings. The third kappa shape index (κ3) is 4.10. The Balaban J connectivity index is 2.11. The molecule has 4 nitrogen and oxygen atoms in total. The molecular formula is C12H24N2O2. The van der Waals surface area contributed by atoms with Crippen molar-refractivity contribution in [2.75, 3.05) is 26.7 Å². The van der Waals surface area contributed by atoms with E-state index in [9.17, 15) is 4.79 Å². The molecule has 1 rings (SSSR count). The fourth-order valence-corrected chi connectivity index (χ4v) is 2.17. The number of nitrogens with two attached hydrogens (primary N) is 1. The predicted molar refractivity (Wildman–Crippen MR) is 64.1 cm³/mol. The summed E-state index contributed by atoms with van der Waals surface area (Å²) in [6, 6.07) is 0. The lowest BCUT2D eigenvalue weighted by atomic mass is 9.96. The summed E-state index contributed by atoms with van der Waals surface area (Å²) < 4.78 is 4.67. The van der Waals surface area contributed by atoms with Crippen molar-refractivity contribution in [1.29, 1.82) is 0 Å². The SMILES string of the molecule is COC(=O)C(C)(N)CCCCN1CCCC1. The lowest BCUT2D eigenvalue weighted by Crippen LogP contribution is -2.45. The second kappa shape index (κ2) is 6.21. The monoisotopic (exact) mass is 228 g/mol. The molecule has 4 heteroatoms. The number of carbonyl (C=O) groups excluding carboxylic acids is 1. The fourth-order valence-electron chi connectivity index (χ4n) is 2.17. The largest absolute Gasteiger partial charge is 0.468 e. The van der Waals surface area contributed by atoms with E-state index in [4.69, 9.17) is 5.73 Å².